The fourth-order valence-electron chi connectivity index (χ4n) is 1.87. The summed E-state index contributed by atoms with van der Waals surface area (Å²) in [7, 11) is 0. The molecule has 0 saturated carbocycles. The summed E-state index contributed by atoms with van der Waals surface area (Å²) in [4.78, 5) is 19.0. The summed E-state index contributed by atoms with van der Waals surface area (Å²) in [5.41, 5.74) is 2.05. The molecule has 20 heavy (non-hydrogen) atoms. The summed E-state index contributed by atoms with van der Waals surface area (Å²) in [5, 5.41) is 8.64. The second kappa shape index (κ2) is 5.08. The van der Waals surface area contributed by atoms with Gasteiger partial charge in [0.1, 0.15) is 11.9 Å². The fraction of sp³-hybridized carbons (Fsp3) is 0.143. The van der Waals surface area contributed by atoms with Gasteiger partial charge < -0.3 is 9.52 Å². The van der Waals surface area contributed by atoms with Gasteiger partial charge in [-0.25, -0.2) is 14.5 Å². The van der Waals surface area contributed by atoms with E-state index in [0.717, 1.165) is 5.56 Å². The van der Waals surface area contributed by atoms with Crippen LogP contribution in [0, 0.1) is 0 Å². The lowest BCUT2D eigenvalue weighted by Crippen LogP contribution is -2.33. The van der Waals surface area contributed by atoms with Crippen LogP contribution in [0.15, 0.2) is 47.3 Å². The van der Waals surface area contributed by atoms with E-state index in [4.69, 9.17) is 9.52 Å². The topological polar surface area (TPSA) is 80.1 Å². The number of nitrogens with zero attached hydrogens (tertiary/aromatic N) is 3. The number of hydrogen-bond donors (Lipinski definition) is 1. The van der Waals surface area contributed by atoms with Crippen LogP contribution in [0.25, 0.3) is 22.7 Å². The molecule has 0 unspecified atom stereocenters. The first kappa shape index (κ1) is 12.3. The minimum Gasteiger partial charge on any atom is -0.481 e. The van der Waals surface area contributed by atoms with Gasteiger partial charge in [-0.1, -0.05) is 0 Å². The van der Waals surface area contributed by atoms with Crippen LogP contribution < -0.4 is 4.57 Å². The number of fused-ring (bicyclic) bond motifs is 1. The molecule has 100 valence electrons. The molecule has 0 radical (unpaired) electrons. The van der Waals surface area contributed by atoms with Gasteiger partial charge in [-0.2, -0.15) is 0 Å². The zero-order valence-corrected chi connectivity index (χ0v) is 10.6. The van der Waals surface area contributed by atoms with Crippen molar-refractivity contribution in [1.82, 2.24) is 9.97 Å². The summed E-state index contributed by atoms with van der Waals surface area (Å²) in [6, 6.07) is 7.32. The standard InChI is InChI=1S/C14H11N3O3/c18-12(19)5-9-17-7-3-10(4-8-17)13-16-11-2-1-6-15-14(11)20-13/h1-4,6-8H,5,9H2/p+1. The van der Waals surface area contributed by atoms with Gasteiger partial charge in [0.2, 0.25) is 11.6 Å². The van der Waals surface area contributed by atoms with Crippen LogP contribution >= 0.6 is 0 Å². The normalized spacial score (nSPS) is 10.8. The summed E-state index contributed by atoms with van der Waals surface area (Å²) in [6.45, 7) is 0.435. The van der Waals surface area contributed by atoms with Crippen LogP contribution in [0.4, 0.5) is 0 Å². The summed E-state index contributed by atoms with van der Waals surface area (Å²) in [5.74, 6) is -0.310. The molecule has 0 fully saturated rings. The number of carbonyl (C=O) groups is 1. The zero-order chi connectivity index (χ0) is 13.9. The lowest BCUT2D eigenvalue weighted by Gasteiger charge is -1.95. The van der Waals surface area contributed by atoms with Crippen LogP contribution in [0.2, 0.25) is 0 Å². The van der Waals surface area contributed by atoms with Crippen LogP contribution in [-0.2, 0) is 11.3 Å². The first-order valence-corrected chi connectivity index (χ1v) is 6.15. The van der Waals surface area contributed by atoms with Gasteiger partial charge >= 0.3 is 5.97 Å². The molecule has 1 N–H and O–H groups in total. The maximum absolute atomic E-state index is 10.5. The number of aliphatic carboxylic acids is 1. The third-order valence-corrected chi connectivity index (χ3v) is 2.89. The predicted octanol–water partition coefficient (Wildman–Crippen LogP) is 1.65. The van der Waals surface area contributed by atoms with Gasteiger partial charge in [0.15, 0.2) is 18.9 Å². The number of aromatic nitrogens is 3. The molecule has 3 aromatic rings. The maximum atomic E-state index is 10.5. The van der Waals surface area contributed by atoms with E-state index in [2.05, 4.69) is 9.97 Å². The molecule has 0 bridgehead atoms. The Labute approximate surface area is 114 Å². The van der Waals surface area contributed by atoms with E-state index in [1.54, 1.807) is 29.2 Å². The Hall–Kier alpha value is -2.76. The van der Waals surface area contributed by atoms with Gasteiger partial charge in [0.05, 0.1) is 0 Å². The maximum Gasteiger partial charge on any atom is 0.309 e. The van der Waals surface area contributed by atoms with E-state index in [1.165, 1.54) is 0 Å². The van der Waals surface area contributed by atoms with E-state index in [9.17, 15) is 4.79 Å². The summed E-state index contributed by atoms with van der Waals surface area (Å²) in [6.07, 6.45) is 5.36. The van der Waals surface area contributed by atoms with Crippen molar-refractivity contribution in [2.75, 3.05) is 0 Å². The molecule has 0 spiro atoms. The average Bonchev–Trinajstić information content (AvgIpc) is 2.89. The molecule has 0 aliphatic carbocycles. The molecule has 0 aliphatic rings. The van der Waals surface area contributed by atoms with Crippen LogP contribution in [0.1, 0.15) is 6.42 Å². The molecule has 3 aromatic heterocycles. The van der Waals surface area contributed by atoms with Crippen LogP contribution in [0.3, 0.4) is 0 Å². The SMILES string of the molecule is O=C(O)CC[n+]1ccc(-c2nc3cccnc3o2)cc1. The smallest absolute Gasteiger partial charge is 0.309 e. The molecule has 6 heteroatoms. The Balaban J connectivity index is 1.85. The lowest BCUT2D eigenvalue weighted by atomic mass is 10.2. The number of oxazole rings is 1. The Morgan fingerprint density at radius 2 is 2.10 bits per heavy atom. The Morgan fingerprint density at radius 3 is 2.80 bits per heavy atom. The molecule has 3 rings (SSSR count). The van der Waals surface area contributed by atoms with Crippen molar-refractivity contribution >= 4 is 17.2 Å². The van der Waals surface area contributed by atoms with Gasteiger partial charge in [0, 0.05) is 23.9 Å². The van der Waals surface area contributed by atoms with E-state index < -0.39 is 5.97 Å². The quantitative estimate of drug-likeness (QED) is 0.729. The van der Waals surface area contributed by atoms with Crippen molar-refractivity contribution in [1.29, 1.82) is 0 Å². The number of rotatable bonds is 4. The van der Waals surface area contributed by atoms with Gasteiger partial charge in [-0.15, -0.1) is 0 Å². The van der Waals surface area contributed by atoms with Crippen molar-refractivity contribution in [2.24, 2.45) is 0 Å². The van der Waals surface area contributed by atoms with Crippen molar-refractivity contribution in [3.8, 4) is 11.5 Å². The second-order valence-electron chi connectivity index (χ2n) is 4.32. The Morgan fingerprint density at radius 1 is 1.30 bits per heavy atom. The molecule has 6 nitrogen and oxygen atoms in total. The fourth-order valence-corrected chi connectivity index (χ4v) is 1.87. The largest absolute Gasteiger partial charge is 0.481 e. The molecule has 3 heterocycles. The second-order valence-corrected chi connectivity index (χ2v) is 4.32. The first-order valence-electron chi connectivity index (χ1n) is 6.15. The van der Waals surface area contributed by atoms with Crippen LogP contribution in [-0.4, -0.2) is 21.0 Å². The van der Waals surface area contributed by atoms with E-state index >= 15 is 0 Å². The number of pyridine rings is 2. The van der Waals surface area contributed by atoms with E-state index in [0.29, 0.717) is 23.7 Å². The first-order chi connectivity index (χ1) is 9.72. The van der Waals surface area contributed by atoms with E-state index in [1.807, 2.05) is 18.2 Å². The van der Waals surface area contributed by atoms with Gasteiger partial charge in [0.25, 0.3) is 0 Å². The highest BCUT2D eigenvalue weighted by atomic mass is 16.4. The monoisotopic (exact) mass is 270 g/mol. The summed E-state index contributed by atoms with van der Waals surface area (Å²) >= 11 is 0. The highest BCUT2D eigenvalue weighted by Gasteiger charge is 2.11. The van der Waals surface area contributed by atoms with Crippen molar-refractivity contribution in [3.63, 3.8) is 0 Å². The number of hydrogen-bond acceptors (Lipinski definition) is 4. The Kier molecular flexibility index (Phi) is 3.12. The molecule has 0 amide bonds. The highest BCUT2D eigenvalue weighted by Crippen LogP contribution is 2.21. The molecular weight excluding hydrogens is 258 g/mol. The molecule has 0 atom stereocenters. The molecule has 0 aliphatic heterocycles. The summed E-state index contributed by atoms with van der Waals surface area (Å²) < 4.78 is 7.37. The predicted molar refractivity (Wildman–Crippen MR) is 69.7 cm³/mol. The molecule has 0 saturated heterocycles. The van der Waals surface area contributed by atoms with E-state index in [-0.39, 0.29) is 6.42 Å². The third-order valence-electron chi connectivity index (χ3n) is 2.89. The lowest BCUT2D eigenvalue weighted by molar-refractivity contribution is -0.695. The minimum atomic E-state index is -0.813. The van der Waals surface area contributed by atoms with Gasteiger partial charge in [-0.05, 0) is 12.1 Å². The molecular formula is C14H12N3O3+. The average molecular weight is 270 g/mol. The molecule has 0 aromatic carbocycles. The Bertz CT molecular complexity index is 717. The van der Waals surface area contributed by atoms with Crippen molar-refractivity contribution in [3.05, 3.63) is 42.9 Å². The van der Waals surface area contributed by atoms with Crippen molar-refractivity contribution in [2.45, 2.75) is 13.0 Å². The number of carboxylic acid groups (broad SMARTS) is 1. The zero-order valence-electron chi connectivity index (χ0n) is 10.6. The minimum absolute atomic E-state index is 0.0941. The van der Waals surface area contributed by atoms with Gasteiger partial charge in [-0.3, -0.25) is 4.79 Å². The number of aryl methyl sites for hydroxylation is 1. The van der Waals surface area contributed by atoms with Crippen molar-refractivity contribution < 1.29 is 18.9 Å². The van der Waals surface area contributed by atoms with Crippen LogP contribution in [0.5, 0.6) is 0 Å². The number of carboxylic acids is 1. The third kappa shape index (κ3) is 2.49. The highest BCUT2D eigenvalue weighted by molar-refractivity contribution is 5.71.